The van der Waals surface area contributed by atoms with Gasteiger partial charge >= 0.3 is 12.1 Å². The van der Waals surface area contributed by atoms with Gasteiger partial charge in [-0.2, -0.15) is 0 Å². The molecule has 2 aromatic rings. The Labute approximate surface area is 194 Å². The molecule has 3 N–H and O–H groups in total. The van der Waals surface area contributed by atoms with Gasteiger partial charge in [-0.15, -0.1) is 0 Å². The molecule has 8 heteroatoms. The minimum Gasteiger partial charge on any atom is -0.445 e. The summed E-state index contributed by atoms with van der Waals surface area (Å²) in [5.74, 6) is -0.529. The van der Waals surface area contributed by atoms with E-state index < -0.39 is 35.6 Å². The lowest BCUT2D eigenvalue weighted by atomic mass is 9.80. The Balaban J connectivity index is 2.38. The van der Waals surface area contributed by atoms with Crippen LogP contribution in [0.1, 0.15) is 25.0 Å². The number of urea groups is 1. The number of aliphatic hydroxyl groups is 1. The molecule has 0 unspecified atom stereocenters. The van der Waals surface area contributed by atoms with E-state index >= 15 is 0 Å². The maximum absolute atomic E-state index is 12.9. The number of alkyl carbamates (subject to hydrolysis) is 1. The first-order chi connectivity index (χ1) is 15.7. The van der Waals surface area contributed by atoms with Crippen LogP contribution in [-0.4, -0.2) is 59.7 Å². The zero-order chi connectivity index (χ0) is 24.4. The van der Waals surface area contributed by atoms with Gasteiger partial charge in [-0.25, -0.2) is 9.59 Å². The molecular weight excluding hydrogens is 422 g/mol. The molecule has 0 aliphatic rings. The van der Waals surface area contributed by atoms with Crippen molar-refractivity contribution in [3.05, 3.63) is 77.9 Å². The predicted molar refractivity (Wildman–Crippen MR) is 126 cm³/mol. The Morgan fingerprint density at radius 1 is 1.06 bits per heavy atom. The first-order valence-corrected chi connectivity index (χ1v) is 10.6. The fourth-order valence-corrected chi connectivity index (χ4v) is 3.31. The third kappa shape index (κ3) is 6.92. The summed E-state index contributed by atoms with van der Waals surface area (Å²) in [4.78, 5) is 39.3. The zero-order valence-electron chi connectivity index (χ0n) is 19.3. The van der Waals surface area contributed by atoms with Gasteiger partial charge in [-0.1, -0.05) is 72.8 Å². The van der Waals surface area contributed by atoms with E-state index in [0.29, 0.717) is 0 Å². The van der Waals surface area contributed by atoms with Crippen molar-refractivity contribution in [2.75, 3.05) is 14.1 Å². The second kappa shape index (κ2) is 11.8. The van der Waals surface area contributed by atoms with E-state index in [4.69, 9.17) is 4.74 Å². The summed E-state index contributed by atoms with van der Waals surface area (Å²) >= 11 is 0. The first-order valence-electron chi connectivity index (χ1n) is 10.6. The SMILES string of the molecule is CC(=O)[C@](NC(=O)N(C)C)([C@H](/C=C/c1ccccc1)NC(=O)OCc1ccccc1)[C@@H](C)O. The monoisotopic (exact) mass is 453 g/mol. The molecule has 33 heavy (non-hydrogen) atoms. The highest BCUT2D eigenvalue weighted by molar-refractivity contribution is 5.93. The topological polar surface area (TPSA) is 108 Å². The number of aliphatic hydroxyl groups excluding tert-OH is 1. The Kier molecular flexibility index (Phi) is 9.18. The first kappa shape index (κ1) is 25.6. The van der Waals surface area contributed by atoms with Crippen LogP contribution >= 0.6 is 0 Å². The summed E-state index contributed by atoms with van der Waals surface area (Å²) in [6, 6.07) is 16.7. The van der Waals surface area contributed by atoms with Gasteiger partial charge in [0.05, 0.1) is 12.1 Å². The van der Waals surface area contributed by atoms with Gasteiger partial charge in [0.25, 0.3) is 0 Å². The van der Waals surface area contributed by atoms with Crippen molar-refractivity contribution in [3.8, 4) is 0 Å². The minimum atomic E-state index is -1.83. The number of ether oxygens (including phenoxy) is 1. The third-order valence-electron chi connectivity index (χ3n) is 5.22. The zero-order valence-corrected chi connectivity index (χ0v) is 19.3. The van der Waals surface area contributed by atoms with Gasteiger partial charge in [-0.05, 0) is 25.0 Å². The second-order valence-electron chi connectivity index (χ2n) is 7.88. The molecule has 2 aromatic carbocycles. The van der Waals surface area contributed by atoms with Crippen LogP contribution in [0.25, 0.3) is 6.08 Å². The molecule has 176 valence electrons. The number of nitrogens with one attached hydrogen (secondary N) is 2. The Morgan fingerprint density at radius 2 is 1.64 bits per heavy atom. The molecule has 0 bridgehead atoms. The normalized spacial score (nSPS) is 14.6. The molecule has 0 saturated carbocycles. The smallest absolute Gasteiger partial charge is 0.408 e. The van der Waals surface area contributed by atoms with E-state index in [9.17, 15) is 19.5 Å². The highest BCUT2D eigenvalue weighted by Gasteiger charge is 2.49. The summed E-state index contributed by atoms with van der Waals surface area (Å²) in [6.45, 7) is 2.66. The lowest BCUT2D eigenvalue weighted by Crippen LogP contribution is -2.71. The summed E-state index contributed by atoms with van der Waals surface area (Å²) in [6.07, 6.45) is 1.12. The lowest BCUT2D eigenvalue weighted by Gasteiger charge is -2.41. The Hall–Kier alpha value is -3.65. The molecule has 0 fully saturated rings. The molecule has 2 rings (SSSR count). The van der Waals surface area contributed by atoms with Crippen LogP contribution in [0.5, 0.6) is 0 Å². The van der Waals surface area contributed by atoms with E-state index in [-0.39, 0.29) is 6.61 Å². The summed E-state index contributed by atoms with van der Waals surface area (Å²) in [5.41, 5.74) is -0.236. The minimum absolute atomic E-state index is 0.0214. The Bertz CT molecular complexity index is 961. The quantitative estimate of drug-likeness (QED) is 0.541. The van der Waals surface area contributed by atoms with Crippen molar-refractivity contribution in [2.24, 2.45) is 0 Å². The molecule has 0 aliphatic heterocycles. The van der Waals surface area contributed by atoms with Crippen LogP contribution in [0, 0.1) is 0 Å². The molecule has 8 nitrogen and oxygen atoms in total. The number of carbonyl (C=O) groups excluding carboxylic acids is 3. The summed E-state index contributed by atoms with van der Waals surface area (Å²) in [5, 5.41) is 15.9. The molecule has 0 spiro atoms. The number of ketones is 1. The summed E-state index contributed by atoms with van der Waals surface area (Å²) < 4.78 is 5.32. The Morgan fingerprint density at radius 3 is 2.15 bits per heavy atom. The number of nitrogens with zero attached hydrogens (tertiary/aromatic N) is 1. The van der Waals surface area contributed by atoms with Crippen LogP contribution < -0.4 is 10.6 Å². The van der Waals surface area contributed by atoms with Gasteiger partial charge in [0.2, 0.25) is 0 Å². The van der Waals surface area contributed by atoms with Crippen molar-refractivity contribution in [1.82, 2.24) is 15.5 Å². The maximum atomic E-state index is 12.9. The van der Waals surface area contributed by atoms with Crippen LogP contribution in [-0.2, 0) is 16.1 Å². The number of hydrogen-bond acceptors (Lipinski definition) is 5. The van der Waals surface area contributed by atoms with Crippen molar-refractivity contribution < 1.29 is 24.2 Å². The molecule has 3 amide bonds. The number of amides is 3. The van der Waals surface area contributed by atoms with E-state index in [0.717, 1.165) is 11.1 Å². The number of rotatable bonds is 9. The third-order valence-corrected chi connectivity index (χ3v) is 5.22. The largest absolute Gasteiger partial charge is 0.445 e. The van der Waals surface area contributed by atoms with Gasteiger partial charge < -0.3 is 25.4 Å². The number of benzene rings is 2. The van der Waals surface area contributed by atoms with Gasteiger partial charge in [0.1, 0.15) is 12.1 Å². The molecule has 0 heterocycles. The maximum Gasteiger partial charge on any atom is 0.408 e. The molecule has 0 aromatic heterocycles. The van der Waals surface area contributed by atoms with Crippen LogP contribution in [0.4, 0.5) is 9.59 Å². The van der Waals surface area contributed by atoms with Gasteiger partial charge in [-0.3, -0.25) is 4.79 Å². The van der Waals surface area contributed by atoms with Crippen LogP contribution in [0.2, 0.25) is 0 Å². The van der Waals surface area contributed by atoms with Gasteiger partial charge in [0.15, 0.2) is 5.78 Å². The van der Waals surface area contributed by atoms with E-state index in [2.05, 4.69) is 10.6 Å². The predicted octanol–water partition coefficient (Wildman–Crippen LogP) is 2.97. The molecular formula is C25H31N3O5. The standard InChI is InChI=1S/C25H31N3O5/c1-18(29)25(19(2)30,27-23(31)28(3)4)22(16-15-20-11-7-5-8-12-20)26-24(32)33-17-21-13-9-6-10-14-21/h5-16,18,22,29H,17H2,1-4H3,(H,26,32)(H,27,31)/b16-15+/t18-,22+,25+/m1/s1. The van der Waals surface area contributed by atoms with E-state index in [1.165, 1.54) is 32.8 Å². The second-order valence-corrected chi connectivity index (χ2v) is 7.88. The van der Waals surface area contributed by atoms with Gasteiger partial charge in [0, 0.05) is 14.1 Å². The molecule has 0 aliphatic carbocycles. The van der Waals surface area contributed by atoms with Crippen LogP contribution in [0.15, 0.2) is 66.7 Å². The van der Waals surface area contributed by atoms with Crippen molar-refractivity contribution in [2.45, 2.75) is 38.1 Å². The fourth-order valence-electron chi connectivity index (χ4n) is 3.31. The average Bonchev–Trinajstić information content (AvgIpc) is 2.79. The van der Waals surface area contributed by atoms with Crippen LogP contribution in [0.3, 0.4) is 0 Å². The number of Topliss-reactive ketones (excluding diaryl/α,β-unsaturated/α-hetero) is 1. The summed E-state index contributed by atoms with van der Waals surface area (Å²) in [7, 11) is 3.03. The van der Waals surface area contributed by atoms with Crippen molar-refractivity contribution in [1.29, 1.82) is 0 Å². The number of carbonyl (C=O) groups is 3. The van der Waals surface area contributed by atoms with Crippen molar-refractivity contribution >= 4 is 24.0 Å². The fraction of sp³-hybridized carbons (Fsp3) is 0.320. The highest BCUT2D eigenvalue weighted by atomic mass is 16.5. The molecule has 3 atom stereocenters. The highest BCUT2D eigenvalue weighted by Crippen LogP contribution is 2.21. The lowest BCUT2D eigenvalue weighted by molar-refractivity contribution is -0.128. The van der Waals surface area contributed by atoms with E-state index in [1.54, 1.807) is 12.2 Å². The van der Waals surface area contributed by atoms with E-state index in [1.807, 2.05) is 60.7 Å². The average molecular weight is 454 g/mol. The molecule has 0 radical (unpaired) electrons. The molecule has 0 saturated heterocycles. The number of hydrogen-bond donors (Lipinski definition) is 3. The van der Waals surface area contributed by atoms with Crippen molar-refractivity contribution in [3.63, 3.8) is 0 Å².